The summed E-state index contributed by atoms with van der Waals surface area (Å²) in [5.41, 5.74) is 9.25. The SMILES string of the molecule is Nc1cc(Cl)ccc1C(=O)OCC(=O)c1ccc2c(c1)CCC2. The van der Waals surface area contributed by atoms with Crippen molar-refractivity contribution < 1.29 is 14.3 Å². The van der Waals surface area contributed by atoms with Crippen molar-refractivity contribution in [2.45, 2.75) is 19.3 Å². The summed E-state index contributed by atoms with van der Waals surface area (Å²) >= 11 is 5.79. The van der Waals surface area contributed by atoms with Crippen LogP contribution < -0.4 is 5.73 Å². The zero-order valence-electron chi connectivity index (χ0n) is 12.5. The first-order valence-corrected chi connectivity index (χ1v) is 7.79. The molecule has 0 radical (unpaired) electrons. The van der Waals surface area contributed by atoms with E-state index in [1.165, 1.54) is 23.3 Å². The largest absolute Gasteiger partial charge is 0.454 e. The summed E-state index contributed by atoms with van der Waals surface area (Å²) in [4.78, 5) is 24.2. The molecule has 0 saturated carbocycles. The molecule has 5 heteroatoms. The number of nitrogen functional groups attached to an aromatic ring is 1. The zero-order chi connectivity index (χ0) is 16.4. The predicted molar refractivity (Wildman–Crippen MR) is 88.9 cm³/mol. The molecule has 0 amide bonds. The molecule has 1 aliphatic rings. The van der Waals surface area contributed by atoms with E-state index in [1.807, 2.05) is 12.1 Å². The molecule has 2 aromatic carbocycles. The Hall–Kier alpha value is -2.33. The average molecular weight is 330 g/mol. The summed E-state index contributed by atoms with van der Waals surface area (Å²) in [6, 6.07) is 10.2. The van der Waals surface area contributed by atoms with Crippen molar-refractivity contribution in [3.63, 3.8) is 0 Å². The standard InChI is InChI=1S/C18H16ClNO3/c19-14-6-7-15(16(20)9-14)18(22)23-10-17(21)13-5-4-11-2-1-3-12(11)8-13/h4-9H,1-3,10,20H2. The lowest BCUT2D eigenvalue weighted by atomic mass is 10.0. The fourth-order valence-corrected chi connectivity index (χ4v) is 2.94. The van der Waals surface area contributed by atoms with E-state index >= 15 is 0 Å². The van der Waals surface area contributed by atoms with Crippen molar-refractivity contribution in [2.75, 3.05) is 12.3 Å². The fourth-order valence-electron chi connectivity index (χ4n) is 2.76. The second kappa shape index (κ2) is 6.42. The van der Waals surface area contributed by atoms with E-state index in [9.17, 15) is 9.59 Å². The third kappa shape index (κ3) is 3.37. The highest BCUT2D eigenvalue weighted by atomic mass is 35.5. The number of anilines is 1. The summed E-state index contributed by atoms with van der Waals surface area (Å²) in [5, 5.41) is 0.438. The molecule has 0 heterocycles. The third-order valence-corrected chi connectivity index (χ3v) is 4.22. The molecule has 0 fully saturated rings. The van der Waals surface area contributed by atoms with Crippen molar-refractivity contribution in [1.82, 2.24) is 0 Å². The number of aryl methyl sites for hydroxylation is 2. The van der Waals surface area contributed by atoms with Crippen molar-refractivity contribution in [2.24, 2.45) is 0 Å². The summed E-state index contributed by atoms with van der Waals surface area (Å²) in [6.07, 6.45) is 3.18. The quantitative estimate of drug-likeness (QED) is 0.530. The minimum atomic E-state index is -0.631. The minimum Gasteiger partial charge on any atom is -0.454 e. The van der Waals surface area contributed by atoms with Gasteiger partial charge in [-0.05, 0) is 54.7 Å². The molecular weight excluding hydrogens is 314 g/mol. The second-order valence-electron chi connectivity index (χ2n) is 5.57. The van der Waals surface area contributed by atoms with E-state index in [0.717, 1.165) is 19.3 Å². The predicted octanol–water partition coefficient (Wildman–Crippen LogP) is 3.45. The van der Waals surface area contributed by atoms with Gasteiger partial charge in [0.25, 0.3) is 0 Å². The number of hydrogen-bond acceptors (Lipinski definition) is 4. The monoisotopic (exact) mass is 329 g/mol. The number of Topliss-reactive ketones (excluding diaryl/α,β-unsaturated/α-hetero) is 1. The first kappa shape index (κ1) is 15.6. The Kier molecular flexibility index (Phi) is 4.35. The van der Waals surface area contributed by atoms with Gasteiger partial charge in [-0.1, -0.05) is 23.7 Å². The van der Waals surface area contributed by atoms with Crippen LogP contribution in [-0.4, -0.2) is 18.4 Å². The van der Waals surface area contributed by atoms with Gasteiger partial charge in [-0.15, -0.1) is 0 Å². The van der Waals surface area contributed by atoms with Crippen LogP contribution in [0.2, 0.25) is 5.02 Å². The molecule has 0 aromatic heterocycles. The van der Waals surface area contributed by atoms with Crippen LogP contribution in [0.25, 0.3) is 0 Å². The van der Waals surface area contributed by atoms with Gasteiger partial charge in [-0.3, -0.25) is 4.79 Å². The number of fused-ring (bicyclic) bond motifs is 1. The van der Waals surface area contributed by atoms with Crippen LogP contribution in [0.5, 0.6) is 0 Å². The number of benzene rings is 2. The molecule has 1 aliphatic carbocycles. The summed E-state index contributed by atoms with van der Waals surface area (Å²) in [7, 11) is 0. The Balaban J connectivity index is 1.65. The molecular formula is C18H16ClNO3. The molecule has 118 valence electrons. The number of ketones is 1. The van der Waals surface area contributed by atoms with Gasteiger partial charge in [-0.2, -0.15) is 0 Å². The molecule has 0 unspecified atom stereocenters. The highest BCUT2D eigenvalue weighted by Crippen LogP contribution is 2.23. The van der Waals surface area contributed by atoms with Crippen LogP contribution in [0.4, 0.5) is 5.69 Å². The molecule has 0 saturated heterocycles. The maximum Gasteiger partial charge on any atom is 0.340 e. The van der Waals surface area contributed by atoms with Gasteiger partial charge in [0.15, 0.2) is 12.4 Å². The van der Waals surface area contributed by atoms with Crippen LogP contribution in [-0.2, 0) is 17.6 Å². The van der Waals surface area contributed by atoms with E-state index in [-0.39, 0.29) is 23.6 Å². The van der Waals surface area contributed by atoms with E-state index < -0.39 is 5.97 Å². The molecule has 2 N–H and O–H groups in total. The van der Waals surface area contributed by atoms with Crippen molar-refractivity contribution in [3.8, 4) is 0 Å². The summed E-state index contributed by atoms with van der Waals surface area (Å²) in [5.74, 6) is -0.853. The van der Waals surface area contributed by atoms with Gasteiger partial charge in [-0.25, -0.2) is 4.79 Å². The zero-order valence-corrected chi connectivity index (χ0v) is 13.2. The van der Waals surface area contributed by atoms with Crippen LogP contribution in [0.3, 0.4) is 0 Å². The first-order valence-electron chi connectivity index (χ1n) is 7.42. The second-order valence-corrected chi connectivity index (χ2v) is 6.00. The van der Waals surface area contributed by atoms with Crippen LogP contribution in [0.1, 0.15) is 38.3 Å². The summed E-state index contributed by atoms with van der Waals surface area (Å²) < 4.78 is 5.07. The van der Waals surface area contributed by atoms with Crippen LogP contribution >= 0.6 is 11.6 Å². The van der Waals surface area contributed by atoms with Gasteiger partial charge >= 0.3 is 5.97 Å². The average Bonchev–Trinajstić information content (AvgIpc) is 2.99. The minimum absolute atomic E-state index is 0.205. The smallest absolute Gasteiger partial charge is 0.340 e. The van der Waals surface area contributed by atoms with Gasteiger partial charge in [0.2, 0.25) is 0 Å². The number of halogens is 1. The Morgan fingerprint density at radius 2 is 1.87 bits per heavy atom. The molecule has 0 aliphatic heterocycles. The molecule has 2 aromatic rings. The van der Waals surface area contributed by atoms with E-state index in [2.05, 4.69) is 0 Å². The van der Waals surface area contributed by atoms with Gasteiger partial charge in [0.1, 0.15) is 0 Å². The number of ether oxygens (including phenoxy) is 1. The third-order valence-electron chi connectivity index (χ3n) is 3.99. The Morgan fingerprint density at radius 3 is 2.65 bits per heavy atom. The lowest BCUT2D eigenvalue weighted by molar-refractivity contribution is 0.0476. The molecule has 0 spiro atoms. The van der Waals surface area contributed by atoms with Crippen molar-refractivity contribution in [1.29, 1.82) is 0 Å². The summed E-state index contributed by atoms with van der Waals surface area (Å²) in [6.45, 7) is -0.306. The van der Waals surface area contributed by atoms with Crippen LogP contribution in [0, 0.1) is 0 Å². The number of nitrogens with two attached hydrogens (primary N) is 1. The number of rotatable bonds is 4. The topological polar surface area (TPSA) is 69.4 Å². The van der Waals surface area contributed by atoms with E-state index in [4.69, 9.17) is 22.1 Å². The lowest BCUT2D eigenvalue weighted by Gasteiger charge is -2.08. The Bertz CT molecular complexity index is 786. The van der Waals surface area contributed by atoms with Gasteiger partial charge < -0.3 is 10.5 Å². The Labute approximate surface area is 139 Å². The molecule has 4 nitrogen and oxygen atoms in total. The molecule has 3 rings (SSSR count). The van der Waals surface area contributed by atoms with Crippen molar-refractivity contribution >= 4 is 29.0 Å². The Morgan fingerprint density at radius 1 is 1.09 bits per heavy atom. The fraction of sp³-hybridized carbons (Fsp3) is 0.222. The normalized spacial score (nSPS) is 12.7. The number of carbonyl (C=O) groups excluding carboxylic acids is 2. The molecule has 0 bridgehead atoms. The van der Waals surface area contributed by atoms with Crippen LogP contribution in [0.15, 0.2) is 36.4 Å². The van der Waals surface area contributed by atoms with Crippen molar-refractivity contribution in [3.05, 3.63) is 63.7 Å². The number of hydrogen-bond donors (Lipinski definition) is 1. The van der Waals surface area contributed by atoms with Gasteiger partial charge in [0.05, 0.1) is 5.56 Å². The maximum absolute atomic E-state index is 12.2. The highest BCUT2D eigenvalue weighted by Gasteiger charge is 2.17. The lowest BCUT2D eigenvalue weighted by Crippen LogP contribution is -2.15. The number of esters is 1. The van der Waals surface area contributed by atoms with Gasteiger partial charge in [0, 0.05) is 16.3 Å². The molecule has 0 atom stereocenters. The first-order chi connectivity index (χ1) is 11.0. The highest BCUT2D eigenvalue weighted by molar-refractivity contribution is 6.31. The number of carbonyl (C=O) groups is 2. The maximum atomic E-state index is 12.2. The van der Waals surface area contributed by atoms with E-state index in [0.29, 0.717) is 10.6 Å². The molecule has 23 heavy (non-hydrogen) atoms. The van der Waals surface area contributed by atoms with E-state index in [1.54, 1.807) is 12.1 Å².